The Bertz CT molecular complexity index is 345. The lowest BCUT2D eigenvalue weighted by Crippen LogP contribution is -2.39. The topological polar surface area (TPSA) is 41.6 Å². The molecule has 0 aromatic rings. The average molecular weight is 282 g/mol. The number of carbonyl (C=O) groups excluding carboxylic acids is 1. The molecule has 2 aliphatic rings. The second-order valence-electron chi connectivity index (χ2n) is 7.54. The van der Waals surface area contributed by atoms with E-state index in [9.17, 15) is 4.79 Å². The van der Waals surface area contributed by atoms with Crippen LogP contribution in [-0.4, -0.2) is 42.3 Å². The molecular formula is C16H30N2O2. The second kappa shape index (κ2) is 5.92. The minimum Gasteiger partial charge on any atom is -0.444 e. The lowest BCUT2D eigenvalue weighted by Gasteiger charge is -2.24. The van der Waals surface area contributed by atoms with E-state index in [-0.39, 0.29) is 6.09 Å². The Morgan fingerprint density at radius 3 is 2.65 bits per heavy atom. The van der Waals surface area contributed by atoms with Crippen molar-refractivity contribution in [1.82, 2.24) is 10.2 Å². The predicted molar refractivity (Wildman–Crippen MR) is 80.8 cm³/mol. The van der Waals surface area contributed by atoms with Crippen molar-refractivity contribution in [2.75, 3.05) is 19.6 Å². The third kappa shape index (κ3) is 4.37. The van der Waals surface area contributed by atoms with E-state index >= 15 is 0 Å². The molecule has 1 heterocycles. The van der Waals surface area contributed by atoms with Gasteiger partial charge in [-0.15, -0.1) is 0 Å². The largest absolute Gasteiger partial charge is 0.444 e. The average Bonchev–Trinajstić information content (AvgIpc) is 2.93. The third-order valence-corrected chi connectivity index (χ3v) is 4.34. The maximum absolute atomic E-state index is 12.0. The van der Waals surface area contributed by atoms with Crippen LogP contribution < -0.4 is 5.32 Å². The van der Waals surface area contributed by atoms with Crippen molar-refractivity contribution < 1.29 is 9.53 Å². The van der Waals surface area contributed by atoms with E-state index in [0.717, 1.165) is 26.1 Å². The molecule has 0 radical (unpaired) electrons. The highest BCUT2D eigenvalue weighted by molar-refractivity contribution is 5.68. The first kappa shape index (κ1) is 15.6. The van der Waals surface area contributed by atoms with Gasteiger partial charge in [0.1, 0.15) is 5.60 Å². The van der Waals surface area contributed by atoms with Crippen LogP contribution in [-0.2, 0) is 4.74 Å². The fourth-order valence-corrected chi connectivity index (χ4v) is 3.00. The van der Waals surface area contributed by atoms with Crippen LogP contribution in [0.2, 0.25) is 0 Å². The van der Waals surface area contributed by atoms with Crippen LogP contribution in [0.4, 0.5) is 4.79 Å². The lowest BCUT2D eigenvalue weighted by atomic mass is 10.0. The van der Waals surface area contributed by atoms with Crippen molar-refractivity contribution in [2.24, 2.45) is 5.41 Å². The monoisotopic (exact) mass is 282 g/mol. The Morgan fingerprint density at radius 1 is 1.40 bits per heavy atom. The first-order valence-electron chi connectivity index (χ1n) is 8.05. The highest BCUT2D eigenvalue weighted by atomic mass is 16.6. The van der Waals surface area contributed by atoms with Gasteiger partial charge in [0.2, 0.25) is 0 Å². The molecule has 116 valence electrons. The number of carbonyl (C=O) groups is 1. The molecule has 1 aliphatic carbocycles. The van der Waals surface area contributed by atoms with Gasteiger partial charge in [-0.1, -0.05) is 13.3 Å². The minimum absolute atomic E-state index is 0.170. The number of hydrogen-bond acceptors (Lipinski definition) is 3. The van der Waals surface area contributed by atoms with Gasteiger partial charge < -0.3 is 15.0 Å². The number of hydrogen-bond donors (Lipinski definition) is 1. The standard InChI is InChI=1S/C16H30N2O2/c1-5-7-16(8-9-16)12-17-13-6-10-18(11-13)14(19)20-15(2,3)4/h13,17H,5-12H2,1-4H3. The molecule has 0 aromatic heterocycles. The number of amides is 1. The van der Waals surface area contributed by atoms with Crippen molar-refractivity contribution in [3.05, 3.63) is 0 Å². The van der Waals surface area contributed by atoms with Gasteiger partial charge in [-0.3, -0.25) is 0 Å². The molecule has 1 saturated heterocycles. The van der Waals surface area contributed by atoms with Crippen LogP contribution >= 0.6 is 0 Å². The van der Waals surface area contributed by atoms with E-state index in [1.165, 1.54) is 25.7 Å². The van der Waals surface area contributed by atoms with E-state index in [1.807, 2.05) is 25.7 Å². The Balaban J connectivity index is 1.71. The quantitative estimate of drug-likeness (QED) is 0.842. The number of nitrogens with zero attached hydrogens (tertiary/aromatic N) is 1. The summed E-state index contributed by atoms with van der Waals surface area (Å²) in [6.45, 7) is 10.7. The normalized spacial score (nSPS) is 24.8. The predicted octanol–water partition coefficient (Wildman–Crippen LogP) is 3.17. The Morgan fingerprint density at radius 2 is 2.10 bits per heavy atom. The number of likely N-dealkylation sites (tertiary alicyclic amines) is 1. The molecule has 1 aliphatic heterocycles. The fourth-order valence-electron chi connectivity index (χ4n) is 3.00. The first-order chi connectivity index (χ1) is 9.34. The van der Waals surface area contributed by atoms with Gasteiger partial charge in [-0.25, -0.2) is 4.79 Å². The molecule has 1 atom stereocenters. The van der Waals surface area contributed by atoms with Gasteiger partial charge in [0.25, 0.3) is 0 Å². The van der Waals surface area contributed by atoms with Crippen molar-refractivity contribution in [3.63, 3.8) is 0 Å². The molecule has 2 fully saturated rings. The number of nitrogens with one attached hydrogen (secondary N) is 1. The summed E-state index contributed by atoms with van der Waals surface area (Å²) < 4.78 is 5.43. The second-order valence-corrected chi connectivity index (χ2v) is 7.54. The summed E-state index contributed by atoms with van der Waals surface area (Å²) in [7, 11) is 0. The fraction of sp³-hybridized carbons (Fsp3) is 0.938. The Kier molecular flexibility index (Phi) is 4.62. The van der Waals surface area contributed by atoms with Crippen molar-refractivity contribution >= 4 is 6.09 Å². The number of rotatable bonds is 5. The summed E-state index contributed by atoms with van der Waals surface area (Å²) in [6.07, 6.45) is 6.23. The zero-order valence-electron chi connectivity index (χ0n) is 13.5. The summed E-state index contributed by atoms with van der Waals surface area (Å²) >= 11 is 0. The molecule has 2 rings (SSSR count). The van der Waals surface area contributed by atoms with E-state index in [2.05, 4.69) is 12.2 Å². The van der Waals surface area contributed by atoms with Gasteiger partial charge in [-0.05, 0) is 51.9 Å². The smallest absolute Gasteiger partial charge is 0.410 e. The highest BCUT2D eigenvalue weighted by Crippen LogP contribution is 2.49. The summed E-state index contributed by atoms with van der Waals surface area (Å²) in [6, 6.07) is 0.442. The molecule has 0 bridgehead atoms. The summed E-state index contributed by atoms with van der Waals surface area (Å²) in [5.74, 6) is 0. The molecule has 20 heavy (non-hydrogen) atoms. The maximum Gasteiger partial charge on any atom is 0.410 e. The zero-order valence-corrected chi connectivity index (χ0v) is 13.5. The molecular weight excluding hydrogens is 252 g/mol. The van der Waals surface area contributed by atoms with Crippen LogP contribution in [0, 0.1) is 5.41 Å². The highest BCUT2D eigenvalue weighted by Gasteiger charge is 2.42. The van der Waals surface area contributed by atoms with E-state index in [1.54, 1.807) is 0 Å². The summed E-state index contributed by atoms with van der Waals surface area (Å²) in [5, 5.41) is 3.67. The Hall–Kier alpha value is -0.770. The molecule has 0 spiro atoms. The number of ether oxygens (including phenoxy) is 1. The van der Waals surface area contributed by atoms with Crippen LogP contribution in [0.5, 0.6) is 0 Å². The van der Waals surface area contributed by atoms with Gasteiger partial charge in [-0.2, -0.15) is 0 Å². The molecule has 4 heteroatoms. The SMILES string of the molecule is CCCC1(CNC2CCN(C(=O)OC(C)(C)C)C2)CC1. The molecule has 4 nitrogen and oxygen atoms in total. The van der Waals surface area contributed by atoms with Crippen LogP contribution in [0.1, 0.15) is 59.8 Å². The van der Waals surface area contributed by atoms with E-state index in [0.29, 0.717) is 11.5 Å². The summed E-state index contributed by atoms with van der Waals surface area (Å²) in [4.78, 5) is 13.8. The van der Waals surface area contributed by atoms with E-state index in [4.69, 9.17) is 4.74 Å². The van der Waals surface area contributed by atoms with Gasteiger partial charge in [0.15, 0.2) is 0 Å². The van der Waals surface area contributed by atoms with Crippen molar-refractivity contribution in [1.29, 1.82) is 0 Å². The Labute approximate surface area is 123 Å². The van der Waals surface area contributed by atoms with Crippen molar-refractivity contribution in [3.8, 4) is 0 Å². The minimum atomic E-state index is -0.401. The van der Waals surface area contributed by atoms with Gasteiger partial charge >= 0.3 is 6.09 Å². The van der Waals surface area contributed by atoms with Crippen LogP contribution in [0.15, 0.2) is 0 Å². The third-order valence-electron chi connectivity index (χ3n) is 4.34. The first-order valence-corrected chi connectivity index (χ1v) is 8.05. The van der Waals surface area contributed by atoms with Crippen LogP contribution in [0.3, 0.4) is 0 Å². The van der Waals surface area contributed by atoms with Crippen LogP contribution in [0.25, 0.3) is 0 Å². The molecule has 0 aromatic carbocycles. The van der Waals surface area contributed by atoms with Gasteiger partial charge in [0, 0.05) is 25.7 Å². The molecule has 1 amide bonds. The molecule has 1 N–H and O–H groups in total. The van der Waals surface area contributed by atoms with Crippen molar-refractivity contribution in [2.45, 2.75) is 71.4 Å². The summed E-state index contributed by atoms with van der Waals surface area (Å²) in [5.41, 5.74) is 0.176. The molecule has 1 unspecified atom stereocenters. The van der Waals surface area contributed by atoms with Gasteiger partial charge in [0.05, 0.1) is 0 Å². The van der Waals surface area contributed by atoms with E-state index < -0.39 is 5.60 Å². The lowest BCUT2D eigenvalue weighted by molar-refractivity contribution is 0.0291. The maximum atomic E-state index is 12.0. The zero-order chi connectivity index (χ0) is 14.8. The molecule has 1 saturated carbocycles.